The first kappa shape index (κ1) is 8.43. The van der Waals surface area contributed by atoms with Gasteiger partial charge in [-0.15, -0.1) is 9.24 Å². The van der Waals surface area contributed by atoms with Gasteiger partial charge in [0.25, 0.3) is 0 Å². The van der Waals surface area contributed by atoms with Gasteiger partial charge in [0.1, 0.15) is 0 Å². The van der Waals surface area contributed by atoms with Crippen molar-refractivity contribution in [2.45, 2.75) is 45.2 Å². The Morgan fingerprint density at radius 2 is 2.00 bits per heavy atom. The fourth-order valence-electron chi connectivity index (χ4n) is 0.670. The van der Waals surface area contributed by atoms with Crippen molar-refractivity contribution in [3.8, 4) is 0 Å². The molecule has 0 aromatic heterocycles. The molecule has 0 N–H and O–H groups in total. The molecule has 0 heterocycles. The Morgan fingerprint density at radius 1 is 1.38 bits per heavy atom. The van der Waals surface area contributed by atoms with Crippen LogP contribution in [0, 0.1) is 0 Å². The Bertz CT molecular complexity index is 43.7. The molecule has 2 unspecified atom stereocenters. The molecule has 0 bridgehead atoms. The second-order valence-corrected chi connectivity index (χ2v) is 3.25. The van der Waals surface area contributed by atoms with Gasteiger partial charge in [-0.2, -0.15) is 0 Å². The van der Waals surface area contributed by atoms with Gasteiger partial charge in [0.15, 0.2) is 0 Å². The standard InChI is InChI=1S/C7H17P/c1-3-5-6-7(8)4-2/h7H,3-6,8H2,1-2H3. The van der Waals surface area contributed by atoms with Crippen molar-refractivity contribution in [2.24, 2.45) is 0 Å². The van der Waals surface area contributed by atoms with E-state index in [1.165, 1.54) is 25.7 Å². The van der Waals surface area contributed by atoms with E-state index >= 15 is 0 Å². The van der Waals surface area contributed by atoms with E-state index in [1.807, 2.05) is 0 Å². The summed E-state index contributed by atoms with van der Waals surface area (Å²) < 4.78 is 0. The second-order valence-electron chi connectivity index (χ2n) is 2.31. The second kappa shape index (κ2) is 5.56. The molecule has 50 valence electrons. The van der Waals surface area contributed by atoms with Crippen LogP contribution in [0.3, 0.4) is 0 Å². The average Bonchev–Trinajstić information content (AvgIpc) is 1.83. The van der Waals surface area contributed by atoms with Crippen LogP contribution >= 0.6 is 9.24 Å². The fourth-order valence-corrected chi connectivity index (χ4v) is 0.906. The molecule has 0 radical (unpaired) electrons. The quantitative estimate of drug-likeness (QED) is 0.516. The third-order valence-corrected chi connectivity index (χ3v) is 2.26. The molecule has 0 nitrogen and oxygen atoms in total. The molecule has 0 saturated heterocycles. The Hall–Kier alpha value is 0.430. The van der Waals surface area contributed by atoms with E-state index in [9.17, 15) is 0 Å². The van der Waals surface area contributed by atoms with Crippen LogP contribution in [-0.4, -0.2) is 5.66 Å². The van der Waals surface area contributed by atoms with Gasteiger partial charge < -0.3 is 0 Å². The van der Waals surface area contributed by atoms with E-state index in [4.69, 9.17) is 0 Å². The van der Waals surface area contributed by atoms with Crippen LogP contribution in [0.5, 0.6) is 0 Å². The predicted octanol–water partition coefficient (Wildman–Crippen LogP) is 2.83. The molecule has 1 heteroatoms. The zero-order chi connectivity index (χ0) is 6.41. The Kier molecular flexibility index (Phi) is 5.86. The lowest BCUT2D eigenvalue weighted by Gasteiger charge is -2.04. The third kappa shape index (κ3) is 4.59. The highest BCUT2D eigenvalue weighted by Gasteiger charge is 1.94. The highest BCUT2D eigenvalue weighted by molar-refractivity contribution is 7.17. The van der Waals surface area contributed by atoms with Crippen molar-refractivity contribution in [3.05, 3.63) is 0 Å². The molecule has 2 atom stereocenters. The maximum Gasteiger partial charge on any atom is -0.0267 e. The van der Waals surface area contributed by atoms with Crippen molar-refractivity contribution in [1.29, 1.82) is 0 Å². The molecule has 0 aliphatic carbocycles. The summed E-state index contributed by atoms with van der Waals surface area (Å²) in [6.45, 7) is 4.49. The fraction of sp³-hybridized carbons (Fsp3) is 1.00. The Labute approximate surface area is 55.3 Å². The molecule has 0 fully saturated rings. The molecule has 0 rings (SSSR count). The minimum atomic E-state index is 0.870. The minimum absolute atomic E-state index is 0.870. The third-order valence-electron chi connectivity index (χ3n) is 1.45. The lowest BCUT2D eigenvalue weighted by molar-refractivity contribution is 0.670. The number of unbranched alkanes of at least 4 members (excludes halogenated alkanes) is 1. The summed E-state index contributed by atoms with van der Waals surface area (Å²) in [4.78, 5) is 0. The molecular weight excluding hydrogens is 115 g/mol. The summed E-state index contributed by atoms with van der Waals surface area (Å²) in [5, 5.41) is 0. The van der Waals surface area contributed by atoms with E-state index in [0.717, 1.165) is 5.66 Å². The Morgan fingerprint density at radius 3 is 2.38 bits per heavy atom. The lowest BCUT2D eigenvalue weighted by atomic mass is 10.2. The summed E-state index contributed by atoms with van der Waals surface area (Å²) >= 11 is 0. The molecule has 0 aliphatic rings. The number of rotatable bonds is 4. The number of hydrogen-bond donors (Lipinski definition) is 0. The van der Waals surface area contributed by atoms with Crippen molar-refractivity contribution < 1.29 is 0 Å². The van der Waals surface area contributed by atoms with E-state index in [0.29, 0.717) is 0 Å². The van der Waals surface area contributed by atoms with Crippen molar-refractivity contribution in [1.82, 2.24) is 0 Å². The molecule has 0 saturated carbocycles. The van der Waals surface area contributed by atoms with Gasteiger partial charge in [-0.3, -0.25) is 0 Å². The van der Waals surface area contributed by atoms with Crippen LogP contribution in [0.4, 0.5) is 0 Å². The monoisotopic (exact) mass is 132 g/mol. The summed E-state index contributed by atoms with van der Waals surface area (Å²) in [5.74, 6) is 0. The smallest absolute Gasteiger partial charge is 0.0267 e. The van der Waals surface area contributed by atoms with Crippen LogP contribution in [0.1, 0.15) is 39.5 Å². The zero-order valence-corrected chi connectivity index (χ0v) is 7.14. The van der Waals surface area contributed by atoms with Crippen molar-refractivity contribution in [2.75, 3.05) is 0 Å². The van der Waals surface area contributed by atoms with Crippen LogP contribution in [-0.2, 0) is 0 Å². The first-order valence-corrected chi connectivity index (χ1v) is 4.23. The number of hydrogen-bond acceptors (Lipinski definition) is 0. The molecule has 0 aromatic rings. The van der Waals surface area contributed by atoms with E-state index in [2.05, 4.69) is 23.1 Å². The largest absolute Gasteiger partial charge is 0.134 e. The summed E-state index contributed by atoms with van der Waals surface area (Å²) in [6.07, 6.45) is 5.43. The summed E-state index contributed by atoms with van der Waals surface area (Å²) in [6, 6.07) is 0. The maximum absolute atomic E-state index is 2.88. The van der Waals surface area contributed by atoms with Crippen LogP contribution in [0.25, 0.3) is 0 Å². The first-order valence-electron chi connectivity index (χ1n) is 3.56. The first-order chi connectivity index (χ1) is 3.81. The normalized spacial score (nSPS) is 13.9. The van der Waals surface area contributed by atoms with Gasteiger partial charge in [0.2, 0.25) is 0 Å². The predicted molar refractivity (Wildman–Crippen MR) is 43.3 cm³/mol. The minimum Gasteiger partial charge on any atom is -0.134 e. The van der Waals surface area contributed by atoms with Gasteiger partial charge >= 0.3 is 0 Å². The summed E-state index contributed by atoms with van der Waals surface area (Å²) in [5.41, 5.74) is 0.870. The van der Waals surface area contributed by atoms with Crippen LogP contribution in [0.2, 0.25) is 0 Å². The van der Waals surface area contributed by atoms with Gasteiger partial charge in [-0.1, -0.05) is 26.7 Å². The summed E-state index contributed by atoms with van der Waals surface area (Å²) in [7, 11) is 2.88. The van der Waals surface area contributed by atoms with Crippen LogP contribution in [0.15, 0.2) is 0 Å². The lowest BCUT2D eigenvalue weighted by Crippen LogP contribution is -1.92. The highest BCUT2D eigenvalue weighted by atomic mass is 31.0. The molecule has 8 heavy (non-hydrogen) atoms. The van der Waals surface area contributed by atoms with Gasteiger partial charge in [-0.05, 0) is 18.5 Å². The zero-order valence-electron chi connectivity index (χ0n) is 5.98. The van der Waals surface area contributed by atoms with E-state index in [-0.39, 0.29) is 0 Å². The molecule has 0 aliphatic heterocycles. The maximum atomic E-state index is 2.88. The average molecular weight is 132 g/mol. The van der Waals surface area contributed by atoms with Gasteiger partial charge in [0.05, 0.1) is 0 Å². The van der Waals surface area contributed by atoms with E-state index < -0.39 is 0 Å². The van der Waals surface area contributed by atoms with Gasteiger partial charge in [0, 0.05) is 0 Å². The SMILES string of the molecule is CCCCC(P)CC. The Balaban J connectivity index is 2.86. The van der Waals surface area contributed by atoms with Gasteiger partial charge in [-0.25, -0.2) is 0 Å². The van der Waals surface area contributed by atoms with Crippen LogP contribution < -0.4 is 0 Å². The van der Waals surface area contributed by atoms with Crippen molar-refractivity contribution >= 4 is 9.24 Å². The molecular formula is C7H17P. The van der Waals surface area contributed by atoms with Crippen molar-refractivity contribution in [3.63, 3.8) is 0 Å². The molecule has 0 amide bonds. The highest BCUT2D eigenvalue weighted by Crippen LogP contribution is 2.12. The molecule has 0 aromatic carbocycles. The molecule has 0 spiro atoms. The van der Waals surface area contributed by atoms with E-state index in [1.54, 1.807) is 0 Å². The topological polar surface area (TPSA) is 0 Å².